The molecule has 230 valence electrons. The van der Waals surface area contributed by atoms with E-state index in [0.717, 1.165) is 25.7 Å². The molecular formula is C30H40N2O10. The van der Waals surface area contributed by atoms with Crippen LogP contribution in [0.1, 0.15) is 65.7 Å². The lowest BCUT2D eigenvalue weighted by Crippen LogP contribution is -2.57. The Bertz CT molecular complexity index is 1200. The quantitative estimate of drug-likeness (QED) is 0.0961. The second-order valence-electron chi connectivity index (χ2n) is 12.3. The fraction of sp³-hybridized carbons (Fsp3) is 0.667. The summed E-state index contributed by atoms with van der Waals surface area (Å²) in [5.74, 6) is 0.0276. The van der Waals surface area contributed by atoms with Crippen molar-refractivity contribution >= 4 is 17.9 Å². The number of allylic oxidation sites excluding steroid dienone is 1. The highest BCUT2D eigenvalue weighted by molar-refractivity contribution is 5.69. The lowest BCUT2D eigenvalue weighted by atomic mass is 9.68. The minimum Gasteiger partial charge on any atom is -0.443 e. The number of carbonyl (C=O) groups is 2. The number of ether oxygens (including phenoxy) is 6. The number of methoxy groups -OCH3 is 1. The Morgan fingerprint density at radius 1 is 1.17 bits per heavy atom. The van der Waals surface area contributed by atoms with Gasteiger partial charge < -0.3 is 33.7 Å². The third-order valence-electron chi connectivity index (χ3n) is 9.14. The van der Waals surface area contributed by atoms with Crippen LogP contribution in [0.5, 0.6) is 5.75 Å². The summed E-state index contributed by atoms with van der Waals surface area (Å²) in [4.78, 5) is 35.9. The normalized spacial score (nSPS) is 32.5. The van der Waals surface area contributed by atoms with Crippen LogP contribution < -0.4 is 10.1 Å². The molecular weight excluding hydrogens is 548 g/mol. The van der Waals surface area contributed by atoms with Crippen LogP contribution in [0.4, 0.5) is 15.3 Å². The Morgan fingerprint density at radius 3 is 2.45 bits per heavy atom. The van der Waals surface area contributed by atoms with Crippen molar-refractivity contribution in [1.29, 1.82) is 0 Å². The molecule has 2 aliphatic heterocycles. The van der Waals surface area contributed by atoms with Gasteiger partial charge in [0, 0.05) is 19.2 Å². The molecule has 2 saturated heterocycles. The van der Waals surface area contributed by atoms with Crippen molar-refractivity contribution in [3.8, 4) is 5.75 Å². The van der Waals surface area contributed by atoms with Crippen LogP contribution in [-0.4, -0.2) is 72.5 Å². The van der Waals surface area contributed by atoms with Crippen molar-refractivity contribution in [2.75, 3.05) is 20.3 Å². The minimum atomic E-state index is -0.963. The number of epoxide rings is 2. The van der Waals surface area contributed by atoms with Gasteiger partial charge in [-0.3, -0.25) is 10.1 Å². The van der Waals surface area contributed by atoms with Crippen molar-refractivity contribution in [3.05, 3.63) is 46.0 Å². The number of nitrogens with one attached hydrogen (secondary N) is 1. The number of alkyl carbamates (subject to hydrolysis) is 1. The number of rotatable bonds is 10. The molecule has 1 amide bonds. The van der Waals surface area contributed by atoms with Crippen LogP contribution in [0, 0.1) is 16.0 Å². The largest absolute Gasteiger partial charge is 0.513 e. The van der Waals surface area contributed by atoms with Gasteiger partial charge in [-0.25, -0.2) is 9.59 Å². The van der Waals surface area contributed by atoms with Crippen molar-refractivity contribution in [3.63, 3.8) is 0 Å². The van der Waals surface area contributed by atoms with E-state index >= 15 is 0 Å². The summed E-state index contributed by atoms with van der Waals surface area (Å²) in [6, 6.07) is 5.10. The molecule has 4 aliphatic rings. The minimum absolute atomic E-state index is 0.0494. The van der Waals surface area contributed by atoms with E-state index in [0.29, 0.717) is 25.9 Å². The first kappa shape index (κ1) is 30.2. The van der Waals surface area contributed by atoms with Crippen molar-refractivity contribution in [2.45, 2.75) is 101 Å². The number of nitro groups is 1. The number of amides is 1. The molecule has 1 spiro atoms. The van der Waals surface area contributed by atoms with E-state index in [1.165, 1.54) is 29.8 Å². The van der Waals surface area contributed by atoms with Gasteiger partial charge in [0.1, 0.15) is 35.8 Å². The summed E-state index contributed by atoms with van der Waals surface area (Å²) in [6.07, 6.45) is 4.86. The molecule has 0 radical (unpaired) electrons. The van der Waals surface area contributed by atoms with Crippen LogP contribution >= 0.6 is 0 Å². The summed E-state index contributed by atoms with van der Waals surface area (Å²) in [7, 11) is 1.63. The highest BCUT2D eigenvalue weighted by atomic mass is 16.7. The predicted molar refractivity (Wildman–Crippen MR) is 149 cm³/mol. The van der Waals surface area contributed by atoms with E-state index < -0.39 is 40.5 Å². The van der Waals surface area contributed by atoms with E-state index in [-0.39, 0.29) is 35.7 Å². The molecule has 12 heteroatoms. The van der Waals surface area contributed by atoms with Gasteiger partial charge in [0.25, 0.3) is 5.69 Å². The highest BCUT2D eigenvalue weighted by Gasteiger charge is 2.72. The number of nitro benzene ring substituents is 1. The lowest BCUT2D eigenvalue weighted by Gasteiger charge is -2.43. The number of hydrogen-bond donors (Lipinski definition) is 1. The molecule has 2 aliphatic carbocycles. The van der Waals surface area contributed by atoms with Crippen LogP contribution in [0.2, 0.25) is 0 Å². The summed E-state index contributed by atoms with van der Waals surface area (Å²) in [5, 5.41) is 13.8. The van der Waals surface area contributed by atoms with E-state index in [1.807, 2.05) is 0 Å². The monoisotopic (exact) mass is 588 g/mol. The molecule has 42 heavy (non-hydrogen) atoms. The second-order valence-corrected chi connectivity index (χ2v) is 12.3. The second kappa shape index (κ2) is 11.8. The number of benzene rings is 1. The molecule has 0 aromatic heterocycles. The molecule has 4 fully saturated rings. The van der Waals surface area contributed by atoms with Crippen LogP contribution in [0.15, 0.2) is 35.9 Å². The summed E-state index contributed by atoms with van der Waals surface area (Å²) < 4.78 is 34.7. The molecule has 5 rings (SSSR count). The molecule has 1 aromatic rings. The van der Waals surface area contributed by atoms with E-state index in [9.17, 15) is 19.7 Å². The van der Waals surface area contributed by atoms with E-state index in [2.05, 4.69) is 32.2 Å². The molecule has 0 bridgehead atoms. The summed E-state index contributed by atoms with van der Waals surface area (Å²) >= 11 is 0. The Hall–Kier alpha value is -3.22. The molecule has 1 N–H and O–H groups in total. The maximum atomic E-state index is 13.3. The Morgan fingerprint density at radius 2 is 1.86 bits per heavy atom. The summed E-state index contributed by atoms with van der Waals surface area (Å²) in [5.41, 5.74) is -0.434. The predicted octanol–water partition coefficient (Wildman–Crippen LogP) is 5.23. The van der Waals surface area contributed by atoms with Crippen molar-refractivity contribution in [1.82, 2.24) is 5.32 Å². The Kier molecular flexibility index (Phi) is 8.51. The fourth-order valence-corrected chi connectivity index (χ4v) is 6.77. The molecule has 6 atom stereocenters. The van der Waals surface area contributed by atoms with E-state index in [4.69, 9.17) is 28.4 Å². The molecule has 2 heterocycles. The SMILES string of the molecule is COC1C(OC(=O)NC2(COC(=O)Oc3ccc([N+](=O)[O-])cc3)CCCC2)CC[C@]2(CO2)C1[C@@]1(C)O[C@@H]1CC=C(C)C. The van der Waals surface area contributed by atoms with Gasteiger partial charge >= 0.3 is 12.2 Å². The number of carbonyl (C=O) groups excluding carboxylic acids is 2. The average Bonchev–Trinajstić information content (AvgIpc) is 3.81. The van der Waals surface area contributed by atoms with Crippen molar-refractivity contribution < 1.29 is 42.9 Å². The number of non-ortho nitro benzene ring substituents is 1. The number of nitrogens with zero attached hydrogens (tertiary/aromatic N) is 1. The van der Waals surface area contributed by atoms with Crippen LogP contribution in [0.25, 0.3) is 0 Å². The molecule has 2 saturated carbocycles. The van der Waals surface area contributed by atoms with Gasteiger partial charge in [0.2, 0.25) is 0 Å². The first-order chi connectivity index (χ1) is 20.0. The maximum absolute atomic E-state index is 13.3. The maximum Gasteiger partial charge on any atom is 0.513 e. The first-order valence-electron chi connectivity index (χ1n) is 14.5. The molecule has 3 unspecified atom stereocenters. The van der Waals surface area contributed by atoms with Gasteiger partial charge in [-0.15, -0.1) is 0 Å². The van der Waals surface area contributed by atoms with Gasteiger partial charge in [0.05, 0.1) is 29.1 Å². The Labute approximate surface area is 245 Å². The fourth-order valence-electron chi connectivity index (χ4n) is 6.77. The summed E-state index contributed by atoms with van der Waals surface area (Å²) in [6.45, 7) is 6.78. The van der Waals surface area contributed by atoms with Gasteiger partial charge in [-0.1, -0.05) is 24.5 Å². The zero-order valence-corrected chi connectivity index (χ0v) is 24.6. The van der Waals surface area contributed by atoms with Gasteiger partial charge in [-0.05, 0) is 65.0 Å². The zero-order valence-electron chi connectivity index (χ0n) is 24.6. The third kappa shape index (κ3) is 6.40. The average molecular weight is 589 g/mol. The van der Waals surface area contributed by atoms with Gasteiger partial charge in [-0.2, -0.15) is 0 Å². The van der Waals surface area contributed by atoms with Crippen LogP contribution in [-0.2, 0) is 23.7 Å². The highest BCUT2D eigenvalue weighted by Crippen LogP contribution is 2.59. The molecule has 12 nitrogen and oxygen atoms in total. The van der Waals surface area contributed by atoms with Crippen molar-refractivity contribution in [2.24, 2.45) is 5.92 Å². The van der Waals surface area contributed by atoms with Gasteiger partial charge in [0.15, 0.2) is 0 Å². The standard InChI is InChI=1S/C30H40N2O10/c1-19(2)7-12-23-28(3,42-23)25-24(37-4)22(13-16-30(25)18-39-30)41-26(33)31-29(14-5-6-15-29)17-38-27(34)40-21-10-8-20(9-11-21)32(35)36/h7-11,22-25H,5-6,12-18H2,1-4H3,(H,31,33)/t22?,23-,24?,25?,28+,30+/m1/s1. The first-order valence-corrected chi connectivity index (χ1v) is 14.5. The number of hydrogen-bond acceptors (Lipinski definition) is 10. The zero-order chi connectivity index (χ0) is 30.1. The van der Waals surface area contributed by atoms with Crippen LogP contribution in [0.3, 0.4) is 0 Å². The van der Waals surface area contributed by atoms with E-state index in [1.54, 1.807) is 7.11 Å². The smallest absolute Gasteiger partial charge is 0.443 e. The Balaban J connectivity index is 1.18. The molecule has 1 aromatic carbocycles. The third-order valence-corrected chi connectivity index (χ3v) is 9.14. The lowest BCUT2D eigenvalue weighted by molar-refractivity contribution is -0.384. The topological polar surface area (TPSA) is 151 Å².